The topological polar surface area (TPSA) is 41.1 Å². The van der Waals surface area contributed by atoms with Crippen LogP contribution in [0.1, 0.15) is 12.5 Å². The van der Waals surface area contributed by atoms with E-state index in [1.807, 2.05) is 6.92 Å². The predicted molar refractivity (Wildman–Crippen MR) is 76.0 cm³/mol. The lowest BCUT2D eigenvalue weighted by atomic mass is 10.1. The van der Waals surface area contributed by atoms with Gasteiger partial charge in [0, 0.05) is 10.8 Å². The molecular formula is C12H16N2OS2. The first kappa shape index (κ1) is 12.8. The average molecular weight is 268 g/mol. The summed E-state index contributed by atoms with van der Waals surface area (Å²) in [6, 6.07) is 6.27. The summed E-state index contributed by atoms with van der Waals surface area (Å²) in [4.78, 5) is 12.7. The fraction of sp³-hybridized carbons (Fsp3) is 0.417. The van der Waals surface area contributed by atoms with Crippen molar-refractivity contribution >= 4 is 36.0 Å². The minimum absolute atomic E-state index is 0.000742. The van der Waals surface area contributed by atoms with Crippen molar-refractivity contribution in [1.82, 2.24) is 5.32 Å². The molecule has 0 spiro atoms. The van der Waals surface area contributed by atoms with Gasteiger partial charge in [-0.1, -0.05) is 6.07 Å². The normalized spacial score (nSPS) is 18.7. The van der Waals surface area contributed by atoms with Gasteiger partial charge < -0.3 is 10.6 Å². The SMILES string of the molecule is CC1Sc2ccc(CCNCS)cc2NC1=O. The molecule has 1 amide bonds. The molecule has 0 bridgehead atoms. The summed E-state index contributed by atoms with van der Waals surface area (Å²) >= 11 is 5.71. The summed E-state index contributed by atoms with van der Waals surface area (Å²) in [7, 11) is 0. The van der Waals surface area contributed by atoms with Crippen LogP contribution >= 0.6 is 24.4 Å². The summed E-state index contributed by atoms with van der Waals surface area (Å²) in [5.41, 5.74) is 2.18. The molecule has 0 saturated carbocycles. The smallest absolute Gasteiger partial charge is 0.237 e. The van der Waals surface area contributed by atoms with Crippen LogP contribution in [0.25, 0.3) is 0 Å². The molecule has 1 aliphatic rings. The van der Waals surface area contributed by atoms with Gasteiger partial charge in [-0.15, -0.1) is 11.8 Å². The van der Waals surface area contributed by atoms with Gasteiger partial charge in [-0.05, 0) is 37.6 Å². The van der Waals surface area contributed by atoms with Crippen LogP contribution in [0.2, 0.25) is 0 Å². The number of amides is 1. The zero-order valence-electron chi connectivity index (χ0n) is 9.69. The maximum atomic E-state index is 11.6. The van der Waals surface area contributed by atoms with Crippen molar-refractivity contribution in [3.8, 4) is 0 Å². The molecule has 0 fully saturated rings. The Kier molecular flexibility index (Phi) is 4.36. The number of carbonyl (C=O) groups is 1. The van der Waals surface area contributed by atoms with E-state index in [9.17, 15) is 4.79 Å². The first-order valence-corrected chi connectivity index (χ1v) is 7.14. The van der Waals surface area contributed by atoms with Gasteiger partial charge >= 0.3 is 0 Å². The summed E-state index contributed by atoms with van der Waals surface area (Å²) in [5, 5.41) is 6.11. The highest BCUT2D eigenvalue weighted by Crippen LogP contribution is 2.35. The fourth-order valence-corrected chi connectivity index (χ4v) is 2.81. The first-order valence-electron chi connectivity index (χ1n) is 5.62. The number of benzene rings is 1. The largest absolute Gasteiger partial charge is 0.324 e. The number of hydrogen-bond donors (Lipinski definition) is 3. The van der Waals surface area contributed by atoms with E-state index in [1.165, 1.54) is 5.56 Å². The molecule has 1 unspecified atom stereocenters. The predicted octanol–water partition coefficient (Wildman–Crippen LogP) is 2.14. The third-order valence-corrected chi connectivity index (χ3v) is 4.08. The minimum Gasteiger partial charge on any atom is -0.324 e. The molecule has 3 nitrogen and oxygen atoms in total. The van der Waals surface area contributed by atoms with Crippen molar-refractivity contribution in [3.63, 3.8) is 0 Å². The van der Waals surface area contributed by atoms with Gasteiger partial charge in [0.1, 0.15) is 0 Å². The van der Waals surface area contributed by atoms with Crippen molar-refractivity contribution in [2.45, 2.75) is 23.5 Å². The molecule has 5 heteroatoms. The van der Waals surface area contributed by atoms with E-state index in [0.717, 1.165) is 23.5 Å². The van der Waals surface area contributed by atoms with E-state index in [0.29, 0.717) is 5.88 Å². The molecule has 92 valence electrons. The molecule has 1 heterocycles. The van der Waals surface area contributed by atoms with Crippen molar-refractivity contribution in [3.05, 3.63) is 23.8 Å². The number of fused-ring (bicyclic) bond motifs is 1. The van der Waals surface area contributed by atoms with Crippen LogP contribution in [-0.2, 0) is 11.2 Å². The Balaban J connectivity index is 2.09. The van der Waals surface area contributed by atoms with Crippen LogP contribution in [0.4, 0.5) is 5.69 Å². The van der Waals surface area contributed by atoms with E-state index >= 15 is 0 Å². The molecule has 2 rings (SSSR count). The van der Waals surface area contributed by atoms with Gasteiger partial charge in [0.2, 0.25) is 5.91 Å². The lowest BCUT2D eigenvalue weighted by Gasteiger charge is -2.21. The summed E-state index contributed by atoms with van der Waals surface area (Å²) in [6.45, 7) is 2.83. The molecule has 0 saturated heterocycles. The number of rotatable bonds is 4. The van der Waals surface area contributed by atoms with E-state index in [-0.39, 0.29) is 11.2 Å². The van der Waals surface area contributed by atoms with Crippen LogP contribution in [0.15, 0.2) is 23.1 Å². The lowest BCUT2D eigenvalue weighted by Crippen LogP contribution is -2.26. The van der Waals surface area contributed by atoms with Crippen LogP contribution < -0.4 is 10.6 Å². The molecular weight excluding hydrogens is 252 g/mol. The van der Waals surface area contributed by atoms with E-state index < -0.39 is 0 Å². The molecule has 2 N–H and O–H groups in total. The molecule has 1 aromatic carbocycles. The Bertz CT molecular complexity index is 423. The number of thioether (sulfide) groups is 1. The number of thiol groups is 1. The van der Waals surface area contributed by atoms with Crippen LogP contribution in [0.3, 0.4) is 0 Å². The van der Waals surface area contributed by atoms with E-state index in [1.54, 1.807) is 11.8 Å². The number of hydrogen-bond acceptors (Lipinski definition) is 4. The van der Waals surface area contributed by atoms with Crippen molar-refractivity contribution in [2.24, 2.45) is 0 Å². The number of carbonyl (C=O) groups excluding carboxylic acids is 1. The Morgan fingerprint density at radius 2 is 2.35 bits per heavy atom. The Morgan fingerprint density at radius 3 is 3.12 bits per heavy atom. The van der Waals surface area contributed by atoms with Gasteiger partial charge in [-0.25, -0.2) is 0 Å². The Labute approximate surface area is 111 Å². The van der Waals surface area contributed by atoms with Gasteiger partial charge in [-0.3, -0.25) is 4.79 Å². The first-order chi connectivity index (χ1) is 8.20. The lowest BCUT2D eigenvalue weighted by molar-refractivity contribution is -0.115. The van der Waals surface area contributed by atoms with Crippen molar-refractivity contribution in [2.75, 3.05) is 17.7 Å². The fourth-order valence-electron chi connectivity index (χ4n) is 1.72. The van der Waals surface area contributed by atoms with Crippen LogP contribution in [0, 0.1) is 0 Å². The zero-order valence-corrected chi connectivity index (χ0v) is 11.4. The summed E-state index contributed by atoms with van der Waals surface area (Å²) in [6.07, 6.45) is 0.948. The van der Waals surface area contributed by atoms with Gasteiger partial charge in [0.05, 0.1) is 10.9 Å². The minimum atomic E-state index is -0.000742. The average Bonchev–Trinajstić information content (AvgIpc) is 2.31. The monoisotopic (exact) mass is 268 g/mol. The van der Waals surface area contributed by atoms with E-state index in [2.05, 4.69) is 41.5 Å². The quantitative estimate of drug-likeness (QED) is 0.445. The Hall–Kier alpha value is -0.650. The van der Waals surface area contributed by atoms with Gasteiger partial charge in [0.15, 0.2) is 0 Å². The summed E-state index contributed by atoms with van der Waals surface area (Å²) < 4.78 is 0. The third kappa shape index (κ3) is 3.18. The molecule has 0 radical (unpaired) electrons. The molecule has 1 aromatic rings. The van der Waals surface area contributed by atoms with E-state index in [4.69, 9.17) is 0 Å². The standard InChI is InChI=1S/C12H16N2OS2/c1-8-12(15)14-10-6-9(4-5-13-7-16)2-3-11(10)17-8/h2-3,6,8,13,16H,4-5,7H2,1H3,(H,14,15). The Morgan fingerprint density at radius 1 is 1.53 bits per heavy atom. The van der Waals surface area contributed by atoms with Crippen molar-refractivity contribution in [1.29, 1.82) is 0 Å². The highest BCUT2D eigenvalue weighted by atomic mass is 32.2. The highest BCUT2D eigenvalue weighted by molar-refractivity contribution is 8.00. The van der Waals surface area contributed by atoms with Crippen LogP contribution in [-0.4, -0.2) is 23.6 Å². The molecule has 0 aromatic heterocycles. The molecule has 17 heavy (non-hydrogen) atoms. The highest BCUT2D eigenvalue weighted by Gasteiger charge is 2.22. The zero-order chi connectivity index (χ0) is 12.3. The summed E-state index contributed by atoms with van der Waals surface area (Å²) in [5.74, 6) is 0.780. The second-order valence-electron chi connectivity index (χ2n) is 3.99. The third-order valence-electron chi connectivity index (χ3n) is 2.68. The van der Waals surface area contributed by atoms with Crippen LogP contribution in [0.5, 0.6) is 0 Å². The second-order valence-corrected chi connectivity index (χ2v) is 5.69. The molecule has 1 aliphatic heterocycles. The molecule has 0 aliphatic carbocycles. The second kappa shape index (κ2) is 5.80. The number of anilines is 1. The maximum absolute atomic E-state index is 11.6. The number of nitrogens with one attached hydrogen (secondary N) is 2. The van der Waals surface area contributed by atoms with Gasteiger partial charge in [0.25, 0.3) is 0 Å². The van der Waals surface area contributed by atoms with Crippen molar-refractivity contribution < 1.29 is 4.79 Å². The van der Waals surface area contributed by atoms with Gasteiger partial charge in [-0.2, -0.15) is 12.6 Å². The maximum Gasteiger partial charge on any atom is 0.237 e. The molecule has 1 atom stereocenters.